The first kappa shape index (κ1) is 17.3. The summed E-state index contributed by atoms with van der Waals surface area (Å²) in [6, 6.07) is 4.75. The third kappa shape index (κ3) is 2.70. The maximum absolute atomic E-state index is 10.5. The van der Waals surface area contributed by atoms with Gasteiger partial charge in [0, 0.05) is 11.8 Å². The molecule has 1 heteroatoms. The Morgan fingerprint density at radius 3 is 2.63 bits per heavy atom. The summed E-state index contributed by atoms with van der Waals surface area (Å²) in [7, 11) is 0. The van der Waals surface area contributed by atoms with Crippen LogP contribution in [0.15, 0.2) is 42.0 Å². The molecule has 1 aromatic carbocycles. The Kier molecular flexibility index (Phi) is 4.24. The van der Waals surface area contributed by atoms with Crippen LogP contribution >= 0.6 is 0 Å². The van der Waals surface area contributed by atoms with E-state index < -0.39 is 0 Å². The summed E-state index contributed by atoms with van der Waals surface area (Å²) < 4.78 is 0. The highest BCUT2D eigenvalue weighted by molar-refractivity contribution is 5.82. The number of benzene rings is 1. The lowest BCUT2D eigenvalue weighted by atomic mass is 9.72. The van der Waals surface area contributed by atoms with Crippen molar-refractivity contribution in [1.29, 1.82) is 0 Å². The van der Waals surface area contributed by atoms with Gasteiger partial charge in [-0.2, -0.15) is 0 Å². The van der Waals surface area contributed by atoms with Crippen LogP contribution in [0.4, 0.5) is 0 Å². The van der Waals surface area contributed by atoms with E-state index in [2.05, 4.69) is 56.4 Å². The molecule has 1 N–H and O–H groups in total. The van der Waals surface area contributed by atoms with Gasteiger partial charge >= 0.3 is 0 Å². The number of aliphatic hydroxyl groups is 1. The highest BCUT2D eigenvalue weighted by Crippen LogP contribution is 2.40. The Morgan fingerprint density at radius 2 is 1.85 bits per heavy atom. The lowest BCUT2D eigenvalue weighted by Crippen LogP contribution is -2.38. The lowest BCUT2D eigenvalue weighted by molar-refractivity contribution is 0.141. The van der Waals surface area contributed by atoms with Gasteiger partial charge in [0.15, 0.2) is 0 Å². The maximum Gasteiger partial charge on any atom is 0.0792 e. The molecule has 1 nitrogen and oxygen atoms in total. The molecule has 0 radical (unpaired) electrons. The summed E-state index contributed by atoms with van der Waals surface area (Å²) in [5, 5.41) is 13.4. The molecule has 3 unspecified atom stereocenters. The molecule has 0 aromatic heterocycles. The van der Waals surface area contributed by atoms with Gasteiger partial charge in [0.25, 0.3) is 0 Å². The van der Waals surface area contributed by atoms with Crippen LogP contribution in [0.3, 0.4) is 0 Å². The molecule has 5 rings (SSSR count). The summed E-state index contributed by atoms with van der Waals surface area (Å²) in [5.41, 5.74) is 5.68. The molecule has 4 aliphatic rings. The Morgan fingerprint density at radius 1 is 1.04 bits per heavy atom. The van der Waals surface area contributed by atoms with E-state index in [0.717, 1.165) is 12.3 Å². The van der Waals surface area contributed by atoms with Crippen LogP contribution in [0, 0.1) is 17.8 Å². The third-order valence-corrected chi connectivity index (χ3v) is 7.28. The molecule has 140 valence electrons. The van der Waals surface area contributed by atoms with Crippen molar-refractivity contribution in [1.82, 2.24) is 0 Å². The van der Waals surface area contributed by atoms with Gasteiger partial charge in [-0.15, -0.1) is 0 Å². The molecule has 1 aromatic rings. The number of aliphatic hydroxyl groups excluding tert-OH is 1. The quantitative estimate of drug-likeness (QED) is 0.828. The van der Waals surface area contributed by atoms with Crippen molar-refractivity contribution in [3.63, 3.8) is 0 Å². The standard InChI is InChI=1S/C26H30O/c1-16(2)26-24-13-12-21-19-9-5-8-18(17-6-3-4-7-17)20(19)10-11-22(21)23(24)14-15-25(26)27/h5,8-12,14-18,25-27H,3-4,6-7,13H2,1-2H3. The second-order valence-electron chi connectivity index (χ2n) is 9.12. The average Bonchev–Trinajstić information content (AvgIpc) is 3.20. The van der Waals surface area contributed by atoms with Gasteiger partial charge in [-0.25, -0.2) is 0 Å². The SMILES string of the molecule is CC(C)C1C2=C(C=CC1O)c1ccc3c(c1=CC2)=CC=CC3C1CCCC1. The Labute approximate surface area is 162 Å². The van der Waals surface area contributed by atoms with Crippen LogP contribution in [0.5, 0.6) is 0 Å². The first-order valence-corrected chi connectivity index (χ1v) is 10.8. The van der Waals surface area contributed by atoms with E-state index in [1.807, 2.05) is 6.08 Å². The summed E-state index contributed by atoms with van der Waals surface area (Å²) >= 11 is 0. The van der Waals surface area contributed by atoms with E-state index in [1.54, 1.807) is 0 Å². The largest absolute Gasteiger partial charge is 0.388 e. The van der Waals surface area contributed by atoms with Crippen molar-refractivity contribution in [3.8, 4) is 0 Å². The minimum absolute atomic E-state index is 0.237. The fraction of sp³-hybridized carbons (Fsp3) is 0.462. The van der Waals surface area contributed by atoms with E-state index in [1.165, 1.54) is 58.4 Å². The van der Waals surface area contributed by atoms with Crippen molar-refractivity contribution in [2.24, 2.45) is 17.8 Å². The van der Waals surface area contributed by atoms with Crippen LogP contribution in [-0.4, -0.2) is 11.2 Å². The second-order valence-corrected chi connectivity index (χ2v) is 9.12. The van der Waals surface area contributed by atoms with Crippen LogP contribution < -0.4 is 10.4 Å². The first-order chi connectivity index (χ1) is 13.1. The molecule has 0 amide bonds. The van der Waals surface area contributed by atoms with Crippen molar-refractivity contribution in [2.45, 2.75) is 58.0 Å². The third-order valence-electron chi connectivity index (χ3n) is 7.28. The topological polar surface area (TPSA) is 20.2 Å². The summed E-state index contributed by atoms with van der Waals surface area (Å²) in [4.78, 5) is 0. The summed E-state index contributed by atoms with van der Waals surface area (Å²) in [6.45, 7) is 4.45. The van der Waals surface area contributed by atoms with Gasteiger partial charge in [0.05, 0.1) is 6.10 Å². The number of rotatable bonds is 2. The minimum Gasteiger partial charge on any atom is -0.388 e. The Bertz CT molecular complexity index is 966. The van der Waals surface area contributed by atoms with Crippen molar-refractivity contribution >= 4 is 17.7 Å². The van der Waals surface area contributed by atoms with Gasteiger partial charge in [-0.3, -0.25) is 0 Å². The summed E-state index contributed by atoms with van der Waals surface area (Å²) in [6.07, 6.45) is 19.8. The first-order valence-electron chi connectivity index (χ1n) is 10.8. The van der Waals surface area contributed by atoms with Crippen molar-refractivity contribution in [3.05, 3.63) is 63.6 Å². The molecule has 1 fully saturated rings. The van der Waals surface area contributed by atoms with Crippen LogP contribution in [0.25, 0.3) is 17.7 Å². The normalized spacial score (nSPS) is 29.3. The molecule has 0 spiro atoms. The number of allylic oxidation sites excluding steroid dienone is 4. The second kappa shape index (κ2) is 6.63. The fourth-order valence-corrected chi connectivity index (χ4v) is 6.01. The molecule has 0 heterocycles. The predicted octanol–water partition coefficient (Wildman–Crippen LogP) is 4.45. The fourth-order valence-electron chi connectivity index (χ4n) is 6.01. The summed E-state index contributed by atoms with van der Waals surface area (Å²) in [5.74, 6) is 2.10. The van der Waals surface area contributed by atoms with Gasteiger partial charge in [-0.1, -0.05) is 80.9 Å². The van der Waals surface area contributed by atoms with Gasteiger partial charge in [0.1, 0.15) is 0 Å². The van der Waals surface area contributed by atoms with Gasteiger partial charge in [0.2, 0.25) is 0 Å². The van der Waals surface area contributed by atoms with Gasteiger partial charge < -0.3 is 5.11 Å². The monoisotopic (exact) mass is 358 g/mol. The number of hydrogen-bond acceptors (Lipinski definition) is 1. The van der Waals surface area contributed by atoms with Crippen molar-refractivity contribution < 1.29 is 5.11 Å². The molecule has 0 aliphatic heterocycles. The van der Waals surface area contributed by atoms with E-state index in [-0.39, 0.29) is 12.0 Å². The van der Waals surface area contributed by atoms with E-state index in [9.17, 15) is 5.11 Å². The van der Waals surface area contributed by atoms with Gasteiger partial charge in [-0.05, 0) is 58.2 Å². The molecular weight excluding hydrogens is 328 g/mol. The molecule has 0 bridgehead atoms. The Hall–Kier alpha value is -1.86. The van der Waals surface area contributed by atoms with Crippen LogP contribution in [-0.2, 0) is 0 Å². The number of fused-ring (bicyclic) bond motifs is 4. The zero-order valence-corrected chi connectivity index (χ0v) is 16.5. The average molecular weight is 359 g/mol. The van der Waals surface area contributed by atoms with Crippen LogP contribution in [0.2, 0.25) is 0 Å². The van der Waals surface area contributed by atoms with Crippen LogP contribution in [0.1, 0.15) is 63.0 Å². The molecule has 4 aliphatic carbocycles. The molecule has 27 heavy (non-hydrogen) atoms. The zero-order valence-electron chi connectivity index (χ0n) is 16.5. The smallest absolute Gasteiger partial charge is 0.0792 e. The minimum atomic E-state index is -0.349. The molecule has 0 saturated heterocycles. The highest BCUT2D eigenvalue weighted by atomic mass is 16.3. The van der Waals surface area contributed by atoms with E-state index in [0.29, 0.717) is 11.8 Å². The lowest BCUT2D eigenvalue weighted by Gasteiger charge is -2.34. The maximum atomic E-state index is 10.5. The molecule has 3 atom stereocenters. The number of hydrogen-bond donors (Lipinski definition) is 1. The highest BCUT2D eigenvalue weighted by Gasteiger charge is 2.32. The van der Waals surface area contributed by atoms with E-state index >= 15 is 0 Å². The van der Waals surface area contributed by atoms with E-state index in [4.69, 9.17) is 0 Å². The molecular formula is C26H30O. The zero-order chi connectivity index (χ0) is 18.5. The predicted molar refractivity (Wildman–Crippen MR) is 113 cm³/mol. The van der Waals surface area contributed by atoms with Crippen molar-refractivity contribution in [2.75, 3.05) is 0 Å². The molecule has 1 saturated carbocycles. The Balaban J connectivity index is 1.64.